The van der Waals surface area contributed by atoms with E-state index < -0.39 is 0 Å². The molecule has 1 N–H and O–H groups in total. The van der Waals surface area contributed by atoms with Crippen LogP contribution in [0.2, 0.25) is 0 Å². The minimum atomic E-state index is -0.294. The molecule has 0 aliphatic heterocycles. The lowest BCUT2D eigenvalue weighted by molar-refractivity contribution is -0.115. The molecule has 0 bridgehead atoms. The van der Waals surface area contributed by atoms with E-state index in [2.05, 4.69) is 10.3 Å². The normalized spacial score (nSPS) is 10.9. The number of imidazole rings is 1. The van der Waals surface area contributed by atoms with Gasteiger partial charge in [0.05, 0.1) is 16.7 Å². The molecule has 0 spiro atoms. The number of nitrogens with one attached hydrogen (secondary N) is 1. The summed E-state index contributed by atoms with van der Waals surface area (Å²) in [6.45, 7) is 1.65. The lowest BCUT2D eigenvalue weighted by Gasteiger charge is -2.13. The van der Waals surface area contributed by atoms with Crippen LogP contribution in [0, 0.1) is 0 Å². The Morgan fingerprint density at radius 1 is 0.861 bits per heavy atom. The van der Waals surface area contributed by atoms with Gasteiger partial charge >= 0.3 is 0 Å². The van der Waals surface area contributed by atoms with E-state index in [1.165, 1.54) is 4.57 Å². The molecule has 7 heteroatoms. The van der Waals surface area contributed by atoms with Crippen LogP contribution in [-0.2, 0) is 11.4 Å². The van der Waals surface area contributed by atoms with Crippen LogP contribution in [0.1, 0.15) is 24.0 Å². The second-order valence-corrected chi connectivity index (χ2v) is 8.23. The first kappa shape index (κ1) is 23.1. The maximum Gasteiger partial charge on any atom is 0.270 e. The largest absolute Gasteiger partial charge is 0.486 e. The lowest BCUT2D eigenvalue weighted by atomic mass is 10.1. The van der Waals surface area contributed by atoms with E-state index in [1.54, 1.807) is 31.2 Å². The summed E-state index contributed by atoms with van der Waals surface area (Å²) >= 11 is 0. The number of hydrogen-bond acceptors (Lipinski definition) is 5. The molecule has 7 nitrogen and oxygen atoms in total. The zero-order chi connectivity index (χ0) is 24.9. The fourth-order valence-electron chi connectivity index (χ4n) is 3.99. The van der Waals surface area contributed by atoms with Gasteiger partial charge in [-0.15, -0.1) is 0 Å². The van der Waals surface area contributed by atoms with Crippen molar-refractivity contribution >= 4 is 39.3 Å². The highest BCUT2D eigenvalue weighted by molar-refractivity contribution is 5.93. The Morgan fingerprint density at radius 2 is 1.61 bits per heavy atom. The van der Waals surface area contributed by atoms with E-state index in [0.717, 1.165) is 10.8 Å². The van der Waals surface area contributed by atoms with E-state index in [0.29, 0.717) is 40.5 Å². The summed E-state index contributed by atoms with van der Waals surface area (Å²) in [5.74, 6) is 1.16. The number of amides is 1. The number of carbonyl (C=O) groups is 2. The monoisotopic (exact) mass is 479 g/mol. The van der Waals surface area contributed by atoms with Gasteiger partial charge in [-0.05, 0) is 47.2 Å². The number of anilines is 1. The molecule has 0 atom stereocenters. The predicted octanol–water partition coefficient (Wildman–Crippen LogP) is 5.84. The Labute approximate surface area is 208 Å². The van der Waals surface area contributed by atoms with Gasteiger partial charge in [0.2, 0.25) is 5.91 Å². The summed E-state index contributed by atoms with van der Waals surface area (Å²) in [5, 5.41) is 4.99. The summed E-state index contributed by atoms with van der Waals surface area (Å²) in [6, 6.07) is 28.4. The summed E-state index contributed by atoms with van der Waals surface area (Å²) in [5.41, 5.74) is 1.89. The van der Waals surface area contributed by atoms with E-state index in [1.807, 2.05) is 66.7 Å². The molecule has 1 aromatic heterocycles. The molecule has 5 rings (SSSR count). The van der Waals surface area contributed by atoms with Crippen molar-refractivity contribution in [2.45, 2.75) is 20.0 Å². The highest BCUT2D eigenvalue weighted by atomic mass is 16.5. The number of rotatable bonds is 8. The van der Waals surface area contributed by atoms with Crippen LogP contribution in [0.25, 0.3) is 21.8 Å². The summed E-state index contributed by atoms with van der Waals surface area (Å²) in [6.07, 6.45) is 0.342. The molecule has 0 saturated carbocycles. The van der Waals surface area contributed by atoms with Crippen LogP contribution in [0.4, 0.5) is 5.69 Å². The smallest absolute Gasteiger partial charge is 0.270 e. The molecular weight excluding hydrogens is 454 g/mol. The Kier molecular flexibility index (Phi) is 6.62. The summed E-state index contributed by atoms with van der Waals surface area (Å²) in [4.78, 5) is 29.8. The highest BCUT2D eigenvalue weighted by Gasteiger charge is 2.18. The highest BCUT2D eigenvalue weighted by Crippen LogP contribution is 2.25. The SMILES string of the molecule is CCC(=O)Nc1ccccc1OCC(=O)n1c(COc2ccc3ccccc3c2)nc2ccccc21. The van der Waals surface area contributed by atoms with Crippen LogP contribution in [0.15, 0.2) is 91.0 Å². The van der Waals surface area contributed by atoms with E-state index in [4.69, 9.17) is 9.47 Å². The fraction of sp³-hybridized carbons (Fsp3) is 0.138. The van der Waals surface area contributed by atoms with Crippen LogP contribution in [0.5, 0.6) is 11.5 Å². The molecule has 0 aliphatic rings. The molecule has 1 amide bonds. The average Bonchev–Trinajstić information content (AvgIpc) is 3.29. The zero-order valence-electron chi connectivity index (χ0n) is 19.8. The van der Waals surface area contributed by atoms with Crippen molar-refractivity contribution in [3.8, 4) is 11.5 Å². The van der Waals surface area contributed by atoms with Crippen LogP contribution in [-0.4, -0.2) is 28.0 Å². The number of fused-ring (bicyclic) bond motifs is 2. The van der Waals surface area contributed by atoms with Crippen LogP contribution >= 0.6 is 0 Å². The molecule has 36 heavy (non-hydrogen) atoms. The number of nitrogens with zero attached hydrogens (tertiary/aromatic N) is 2. The van der Waals surface area contributed by atoms with Crippen LogP contribution in [0.3, 0.4) is 0 Å². The van der Waals surface area contributed by atoms with Crippen molar-refractivity contribution in [2.24, 2.45) is 0 Å². The number of benzene rings is 4. The predicted molar refractivity (Wildman–Crippen MR) is 139 cm³/mol. The second kappa shape index (κ2) is 10.3. The third kappa shape index (κ3) is 4.90. The first-order valence-electron chi connectivity index (χ1n) is 11.7. The van der Waals surface area contributed by atoms with Crippen molar-refractivity contribution < 1.29 is 19.1 Å². The molecule has 0 fully saturated rings. The van der Waals surface area contributed by atoms with Crippen molar-refractivity contribution in [3.63, 3.8) is 0 Å². The number of carbonyl (C=O) groups excluding carboxylic acids is 2. The number of ether oxygens (including phenoxy) is 2. The molecule has 1 heterocycles. The third-order valence-electron chi connectivity index (χ3n) is 5.80. The maximum absolute atomic E-state index is 13.3. The molecule has 5 aromatic rings. The Bertz CT molecular complexity index is 1560. The van der Waals surface area contributed by atoms with E-state index in [-0.39, 0.29) is 25.0 Å². The third-order valence-corrected chi connectivity index (χ3v) is 5.80. The summed E-state index contributed by atoms with van der Waals surface area (Å²) in [7, 11) is 0. The van der Waals surface area contributed by atoms with E-state index >= 15 is 0 Å². The Morgan fingerprint density at radius 3 is 2.47 bits per heavy atom. The van der Waals surface area contributed by atoms with Gasteiger partial charge in [0.25, 0.3) is 5.91 Å². The van der Waals surface area contributed by atoms with Crippen molar-refractivity contribution in [1.82, 2.24) is 9.55 Å². The second-order valence-electron chi connectivity index (χ2n) is 8.23. The van der Waals surface area contributed by atoms with Gasteiger partial charge in [0.15, 0.2) is 12.4 Å². The number of para-hydroxylation sites is 4. The van der Waals surface area contributed by atoms with Gasteiger partial charge < -0.3 is 14.8 Å². The fourth-order valence-corrected chi connectivity index (χ4v) is 3.99. The van der Waals surface area contributed by atoms with Gasteiger partial charge in [-0.2, -0.15) is 0 Å². The molecule has 0 unspecified atom stereocenters. The van der Waals surface area contributed by atoms with E-state index in [9.17, 15) is 9.59 Å². The van der Waals surface area contributed by atoms with Gasteiger partial charge in [0, 0.05) is 6.42 Å². The van der Waals surface area contributed by atoms with Gasteiger partial charge in [-0.25, -0.2) is 4.98 Å². The van der Waals surface area contributed by atoms with Crippen LogP contribution < -0.4 is 14.8 Å². The Balaban J connectivity index is 1.37. The minimum Gasteiger partial charge on any atom is -0.486 e. The minimum absolute atomic E-state index is 0.113. The van der Waals surface area contributed by atoms with Gasteiger partial charge in [0.1, 0.15) is 18.1 Å². The molecular formula is C29H25N3O4. The van der Waals surface area contributed by atoms with Gasteiger partial charge in [-0.3, -0.25) is 14.2 Å². The summed E-state index contributed by atoms with van der Waals surface area (Å²) < 4.78 is 13.4. The van der Waals surface area contributed by atoms with Crippen molar-refractivity contribution in [3.05, 3.63) is 96.8 Å². The number of aromatic nitrogens is 2. The molecule has 180 valence electrons. The number of hydrogen-bond donors (Lipinski definition) is 1. The Hall–Kier alpha value is -4.65. The van der Waals surface area contributed by atoms with Crippen molar-refractivity contribution in [1.29, 1.82) is 0 Å². The molecule has 0 saturated heterocycles. The first-order valence-corrected chi connectivity index (χ1v) is 11.7. The maximum atomic E-state index is 13.3. The first-order chi connectivity index (χ1) is 17.6. The van der Waals surface area contributed by atoms with Crippen molar-refractivity contribution in [2.75, 3.05) is 11.9 Å². The molecule has 4 aromatic carbocycles. The zero-order valence-corrected chi connectivity index (χ0v) is 19.8. The average molecular weight is 480 g/mol. The topological polar surface area (TPSA) is 82.5 Å². The lowest BCUT2D eigenvalue weighted by Crippen LogP contribution is -2.22. The molecule has 0 aliphatic carbocycles. The van der Waals surface area contributed by atoms with Gasteiger partial charge in [-0.1, -0.05) is 61.5 Å². The standard InChI is InChI=1S/C29H25N3O4/c1-2-28(33)31-24-12-6-8-14-26(24)36-19-29(34)32-25-13-7-5-11-23(25)30-27(32)18-35-22-16-15-20-9-3-4-10-21(20)17-22/h3-17H,2,18-19H2,1H3,(H,31,33). The molecule has 0 radical (unpaired) electrons. The quantitative estimate of drug-likeness (QED) is 0.303.